The largest absolute Gasteiger partial charge is 0.481 e. The Morgan fingerprint density at radius 1 is 1.21 bits per heavy atom. The molecule has 1 aromatic rings. The van der Waals surface area contributed by atoms with Gasteiger partial charge in [0.25, 0.3) is 5.91 Å². The molecule has 0 aliphatic carbocycles. The van der Waals surface area contributed by atoms with E-state index >= 15 is 0 Å². The molecule has 24 heavy (non-hydrogen) atoms. The van der Waals surface area contributed by atoms with Crippen molar-refractivity contribution in [2.45, 2.75) is 39.5 Å². The predicted octanol–water partition coefficient (Wildman–Crippen LogP) is 3.13. The quantitative estimate of drug-likeness (QED) is 0.586. The van der Waals surface area contributed by atoms with Gasteiger partial charge < -0.3 is 5.11 Å². The molecule has 2 amide bonds. The van der Waals surface area contributed by atoms with E-state index < -0.39 is 23.7 Å². The van der Waals surface area contributed by atoms with Crippen LogP contribution < -0.4 is 10.9 Å². The van der Waals surface area contributed by atoms with Crippen molar-refractivity contribution in [3.8, 4) is 0 Å². The topological polar surface area (TPSA) is 95.5 Å². The van der Waals surface area contributed by atoms with E-state index in [2.05, 4.69) is 26.8 Å². The third-order valence-electron chi connectivity index (χ3n) is 3.81. The maximum absolute atomic E-state index is 12.0. The number of hydrogen-bond acceptors (Lipinski definition) is 3. The maximum atomic E-state index is 12.0. The van der Waals surface area contributed by atoms with E-state index in [9.17, 15) is 19.5 Å². The first-order valence-electron chi connectivity index (χ1n) is 7.93. The number of carbonyl (C=O) groups is 3. The van der Waals surface area contributed by atoms with E-state index in [0.29, 0.717) is 16.5 Å². The lowest BCUT2D eigenvalue weighted by atomic mass is 9.87. The molecular formula is C17H23BrN2O4. The van der Waals surface area contributed by atoms with Crippen LogP contribution in [0.1, 0.15) is 49.9 Å². The molecule has 0 saturated heterocycles. The maximum Gasteiger partial charge on any atom is 0.306 e. The normalized spacial score (nSPS) is 13.0. The lowest BCUT2D eigenvalue weighted by molar-refractivity contribution is -0.144. The average molecular weight is 399 g/mol. The van der Waals surface area contributed by atoms with Gasteiger partial charge >= 0.3 is 5.97 Å². The van der Waals surface area contributed by atoms with Crippen molar-refractivity contribution in [2.24, 2.45) is 11.8 Å². The lowest BCUT2D eigenvalue weighted by Gasteiger charge is -2.19. The third kappa shape index (κ3) is 6.31. The monoisotopic (exact) mass is 398 g/mol. The molecule has 2 atom stereocenters. The molecule has 3 N–H and O–H groups in total. The van der Waals surface area contributed by atoms with Crippen LogP contribution in [0.15, 0.2) is 28.7 Å². The van der Waals surface area contributed by atoms with Crippen LogP contribution in [-0.4, -0.2) is 22.9 Å². The molecule has 0 saturated carbocycles. The molecule has 0 radical (unpaired) electrons. The number of hydrogen-bond donors (Lipinski definition) is 3. The zero-order valence-electron chi connectivity index (χ0n) is 13.8. The zero-order valence-corrected chi connectivity index (χ0v) is 15.4. The smallest absolute Gasteiger partial charge is 0.306 e. The van der Waals surface area contributed by atoms with Crippen LogP contribution in [0.3, 0.4) is 0 Å². The highest BCUT2D eigenvalue weighted by atomic mass is 79.9. The molecule has 2 unspecified atom stereocenters. The summed E-state index contributed by atoms with van der Waals surface area (Å²) < 4.78 is 0.621. The lowest BCUT2D eigenvalue weighted by Crippen LogP contribution is -2.42. The Morgan fingerprint density at radius 3 is 2.46 bits per heavy atom. The van der Waals surface area contributed by atoms with E-state index in [1.165, 1.54) is 0 Å². The van der Waals surface area contributed by atoms with E-state index in [0.717, 1.165) is 12.8 Å². The number of carbonyl (C=O) groups excluding carboxylic acids is 2. The first-order valence-corrected chi connectivity index (χ1v) is 8.72. The highest BCUT2D eigenvalue weighted by molar-refractivity contribution is 9.10. The van der Waals surface area contributed by atoms with Crippen LogP contribution in [0.4, 0.5) is 0 Å². The van der Waals surface area contributed by atoms with Gasteiger partial charge in [0, 0.05) is 10.9 Å². The van der Waals surface area contributed by atoms with Crippen molar-refractivity contribution >= 4 is 33.7 Å². The van der Waals surface area contributed by atoms with Gasteiger partial charge in [-0.2, -0.15) is 0 Å². The van der Waals surface area contributed by atoms with Crippen LogP contribution >= 0.6 is 15.9 Å². The summed E-state index contributed by atoms with van der Waals surface area (Å²) in [6.07, 6.45) is 2.30. The van der Waals surface area contributed by atoms with Crippen molar-refractivity contribution in [3.05, 3.63) is 34.3 Å². The van der Waals surface area contributed by atoms with Crippen molar-refractivity contribution in [1.29, 1.82) is 0 Å². The third-order valence-corrected chi connectivity index (χ3v) is 4.51. The second-order valence-electron chi connectivity index (χ2n) is 5.75. The van der Waals surface area contributed by atoms with Gasteiger partial charge in [0.2, 0.25) is 5.91 Å². The summed E-state index contributed by atoms with van der Waals surface area (Å²) in [6, 6.07) is 6.85. The standard InChI is InChI=1S/C17H23BrN2O4/c1-3-4-7-12(17(23)24)11(2)10-15(21)19-20-16(22)13-8-5-6-9-14(13)18/h5-6,8-9,11-12H,3-4,7,10H2,1-2H3,(H,19,21)(H,20,22)(H,23,24). The fourth-order valence-corrected chi connectivity index (χ4v) is 2.87. The molecule has 0 aliphatic heterocycles. The Morgan fingerprint density at radius 2 is 1.88 bits per heavy atom. The van der Waals surface area contributed by atoms with Gasteiger partial charge in [0.1, 0.15) is 0 Å². The number of carboxylic acids is 1. The molecule has 0 bridgehead atoms. The summed E-state index contributed by atoms with van der Waals surface area (Å²) in [7, 11) is 0. The molecule has 132 valence electrons. The van der Waals surface area contributed by atoms with E-state index in [-0.39, 0.29) is 12.3 Å². The van der Waals surface area contributed by atoms with Gasteiger partial charge in [-0.05, 0) is 40.4 Å². The molecule has 0 fully saturated rings. The van der Waals surface area contributed by atoms with Crippen LogP contribution in [0, 0.1) is 11.8 Å². The Hall–Kier alpha value is -1.89. The Labute approximate surface area is 150 Å². The number of amides is 2. The number of aliphatic carboxylic acids is 1. The molecule has 0 aliphatic rings. The first-order chi connectivity index (χ1) is 11.4. The van der Waals surface area contributed by atoms with Crippen molar-refractivity contribution in [2.75, 3.05) is 0 Å². The van der Waals surface area contributed by atoms with Crippen molar-refractivity contribution in [1.82, 2.24) is 10.9 Å². The fourth-order valence-electron chi connectivity index (χ4n) is 2.40. The molecule has 6 nitrogen and oxygen atoms in total. The molecule has 1 aromatic carbocycles. The minimum Gasteiger partial charge on any atom is -0.481 e. The summed E-state index contributed by atoms with van der Waals surface area (Å²) in [4.78, 5) is 35.2. The van der Waals surface area contributed by atoms with Crippen LogP contribution in [0.5, 0.6) is 0 Å². The highest BCUT2D eigenvalue weighted by Gasteiger charge is 2.26. The number of rotatable bonds is 8. The molecule has 7 heteroatoms. The number of nitrogens with one attached hydrogen (secondary N) is 2. The number of hydrazine groups is 1. The van der Waals surface area contributed by atoms with Gasteiger partial charge in [0.15, 0.2) is 0 Å². The Balaban J connectivity index is 2.51. The summed E-state index contributed by atoms with van der Waals surface area (Å²) in [5, 5.41) is 9.27. The second kappa shape index (κ2) is 10.1. The Bertz CT molecular complexity index is 592. The zero-order chi connectivity index (χ0) is 18.1. The number of unbranched alkanes of at least 4 members (excludes halogenated alkanes) is 1. The van der Waals surface area contributed by atoms with Crippen LogP contribution in [0.25, 0.3) is 0 Å². The fraction of sp³-hybridized carbons (Fsp3) is 0.471. The number of carboxylic acid groups (broad SMARTS) is 1. The van der Waals surface area contributed by atoms with Gasteiger partial charge in [-0.3, -0.25) is 25.2 Å². The van der Waals surface area contributed by atoms with E-state index in [1.807, 2.05) is 6.92 Å². The van der Waals surface area contributed by atoms with Gasteiger partial charge in [-0.1, -0.05) is 38.8 Å². The van der Waals surface area contributed by atoms with Gasteiger partial charge in [0.05, 0.1) is 11.5 Å². The number of halogens is 1. The number of benzene rings is 1. The van der Waals surface area contributed by atoms with Crippen molar-refractivity contribution in [3.63, 3.8) is 0 Å². The van der Waals surface area contributed by atoms with Crippen LogP contribution in [-0.2, 0) is 9.59 Å². The predicted molar refractivity (Wildman–Crippen MR) is 94.2 cm³/mol. The molecule has 1 rings (SSSR count). The SMILES string of the molecule is CCCCC(C(=O)O)C(C)CC(=O)NNC(=O)c1ccccc1Br. The van der Waals surface area contributed by atoms with E-state index in [4.69, 9.17) is 0 Å². The molecule has 0 aromatic heterocycles. The Kier molecular flexibility index (Phi) is 8.46. The van der Waals surface area contributed by atoms with Crippen LogP contribution in [0.2, 0.25) is 0 Å². The molecule has 0 heterocycles. The molecular weight excluding hydrogens is 376 g/mol. The summed E-state index contributed by atoms with van der Waals surface area (Å²) in [5.41, 5.74) is 5.08. The van der Waals surface area contributed by atoms with E-state index in [1.54, 1.807) is 31.2 Å². The van der Waals surface area contributed by atoms with Gasteiger partial charge in [-0.15, -0.1) is 0 Å². The summed E-state index contributed by atoms with van der Waals surface area (Å²) in [6.45, 7) is 3.73. The average Bonchev–Trinajstić information content (AvgIpc) is 2.53. The highest BCUT2D eigenvalue weighted by Crippen LogP contribution is 2.22. The molecule has 0 spiro atoms. The summed E-state index contributed by atoms with van der Waals surface area (Å²) >= 11 is 3.26. The minimum absolute atomic E-state index is 0.0386. The first kappa shape index (κ1) is 20.2. The van der Waals surface area contributed by atoms with Gasteiger partial charge in [-0.25, -0.2) is 0 Å². The summed E-state index contributed by atoms with van der Waals surface area (Å²) in [5.74, 6) is -2.61. The van der Waals surface area contributed by atoms with Crippen molar-refractivity contribution < 1.29 is 19.5 Å². The minimum atomic E-state index is -0.888. The second-order valence-corrected chi connectivity index (χ2v) is 6.60.